The summed E-state index contributed by atoms with van der Waals surface area (Å²) < 4.78 is 0. The van der Waals surface area contributed by atoms with Crippen LogP contribution in [-0.2, 0) is 5.54 Å². The van der Waals surface area contributed by atoms with Crippen molar-refractivity contribution >= 4 is 0 Å². The molecule has 0 bridgehead atoms. The number of aliphatic hydroxyl groups excluding tert-OH is 1. The Morgan fingerprint density at radius 2 is 2.29 bits per heavy atom. The van der Waals surface area contributed by atoms with Gasteiger partial charge in [-0.2, -0.15) is 0 Å². The van der Waals surface area contributed by atoms with Gasteiger partial charge in [0.1, 0.15) is 0 Å². The van der Waals surface area contributed by atoms with E-state index in [1.807, 2.05) is 18.2 Å². The van der Waals surface area contributed by atoms with Gasteiger partial charge in [-0.15, -0.1) is 0 Å². The molecule has 0 aromatic carbocycles. The summed E-state index contributed by atoms with van der Waals surface area (Å²) in [5.41, 5.74) is 0.765. The summed E-state index contributed by atoms with van der Waals surface area (Å²) in [5.74, 6) is 0. The monoisotopic (exact) mass is 194 g/mol. The maximum absolute atomic E-state index is 9.02. The van der Waals surface area contributed by atoms with Crippen molar-refractivity contribution < 1.29 is 5.11 Å². The number of aliphatic hydroxyl groups is 1. The molecule has 1 aromatic rings. The van der Waals surface area contributed by atoms with Gasteiger partial charge in [0.15, 0.2) is 0 Å². The Kier molecular flexibility index (Phi) is 4.04. The van der Waals surface area contributed by atoms with Crippen LogP contribution in [0.4, 0.5) is 0 Å². The summed E-state index contributed by atoms with van der Waals surface area (Å²) >= 11 is 0. The van der Waals surface area contributed by atoms with Crippen molar-refractivity contribution in [3.63, 3.8) is 0 Å². The number of hydrogen-bond donors (Lipinski definition) is 2. The molecule has 3 nitrogen and oxygen atoms in total. The summed E-state index contributed by atoms with van der Waals surface area (Å²) in [6.07, 6.45) is 2.46. The van der Waals surface area contributed by atoms with Gasteiger partial charge in [-0.25, -0.2) is 0 Å². The van der Waals surface area contributed by atoms with Crippen molar-refractivity contribution in [1.82, 2.24) is 10.3 Å². The Balaban J connectivity index is 2.87. The van der Waals surface area contributed by atoms with E-state index in [4.69, 9.17) is 5.11 Å². The lowest BCUT2D eigenvalue weighted by molar-refractivity contribution is 0.220. The molecule has 0 aliphatic heterocycles. The fourth-order valence-electron chi connectivity index (χ4n) is 1.61. The van der Waals surface area contributed by atoms with E-state index in [9.17, 15) is 0 Å². The Morgan fingerprint density at radius 3 is 2.79 bits per heavy atom. The molecule has 0 saturated carbocycles. The summed E-state index contributed by atoms with van der Waals surface area (Å²) in [5, 5.41) is 12.4. The predicted octanol–water partition coefficient (Wildman–Crippen LogP) is 1.29. The lowest BCUT2D eigenvalue weighted by atomic mass is 9.93. The summed E-state index contributed by atoms with van der Waals surface area (Å²) in [6, 6.07) is 5.85. The van der Waals surface area contributed by atoms with Crippen LogP contribution in [-0.4, -0.2) is 23.2 Å². The normalized spacial score (nSPS) is 15.1. The minimum atomic E-state index is -0.218. The maximum atomic E-state index is 9.02. The zero-order chi connectivity index (χ0) is 10.4. The third-order valence-corrected chi connectivity index (χ3v) is 2.41. The fourth-order valence-corrected chi connectivity index (χ4v) is 1.61. The standard InChI is InChI=1S/C11H18N2O/c1-3-13-11(2,7-9-14)10-6-4-5-8-12-10/h4-6,8,13-14H,3,7,9H2,1-2H3. The first kappa shape index (κ1) is 11.1. The van der Waals surface area contributed by atoms with Gasteiger partial charge in [0.05, 0.1) is 11.2 Å². The van der Waals surface area contributed by atoms with Crippen molar-refractivity contribution in [2.75, 3.05) is 13.2 Å². The van der Waals surface area contributed by atoms with Crippen LogP contribution in [0, 0.1) is 0 Å². The highest BCUT2D eigenvalue weighted by molar-refractivity contribution is 5.14. The van der Waals surface area contributed by atoms with E-state index in [1.165, 1.54) is 0 Å². The maximum Gasteiger partial charge on any atom is 0.0602 e. The molecule has 0 fully saturated rings. The summed E-state index contributed by atoms with van der Waals surface area (Å²) in [4.78, 5) is 4.31. The quantitative estimate of drug-likeness (QED) is 0.742. The van der Waals surface area contributed by atoms with E-state index < -0.39 is 0 Å². The predicted molar refractivity (Wildman–Crippen MR) is 57.0 cm³/mol. The second-order valence-corrected chi connectivity index (χ2v) is 3.55. The molecule has 0 radical (unpaired) electrons. The number of hydrogen-bond acceptors (Lipinski definition) is 3. The molecule has 1 rings (SSSR count). The molecule has 0 aliphatic carbocycles. The Hall–Kier alpha value is -0.930. The zero-order valence-corrected chi connectivity index (χ0v) is 8.83. The van der Waals surface area contributed by atoms with Crippen LogP contribution in [0.25, 0.3) is 0 Å². The Bertz CT molecular complexity index is 255. The van der Waals surface area contributed by atoms with Gasteiger partial charge in [-0.3, -0.25) is 4.98 Å². The Labute approximate surface area is 85.2 Å². The largest absolute Gasteiger partial charge is 0.396 e. The van der Waals surface area contributed by atoms with Gasteiger partial charge in [0.2, 0.25) is 0 Å². The van der Waals surface area contributed by atoms with Crippen molar-refractivity contribution in [3.8, 4) is 0 Å². The molecule has 0 spiro atoms. The second kappa shape index (κ2) is 5.08. The number of pyridine rings is 1. The van der Waals surface area contributed by atoms with Gasteiger partial charge in [0.25, 0.3) is 0 Å². The van der Waals surface area contributed by atoms with Gasteiger partial charge >= 0.3 is 0 Å². The van der Waals surface area contributed by atoms with E-state index in [0.717, 1.165) is 12.2 Å². The molecule has 1 atom stereocenters. The van der Waals surface area contributed by atoms with Crippen LogP contribution in [0.5, 0.6) is 0 Å². The fraction of sp³-hybridized carbons (Fsp3) is 0.545. The third kappa shape index (κ3) is 2.53. The first-order chi connectivity index (χ1) is 6.73. The highest BCUT2D eigenvalue weighted by atomic mass is 16.3. The smallest absolute Gasteiger partial charge is 0.0602 e. The first-order valence-corrected chi connectivity index (χ1v) is 5.00. The van der Waals surface area contributed by atoms with Gasteiger partial charge < -0.3 is 10.4 Å². The van der Waals surface area contributed by atoms with Crippen LogP contribution in [0.15, 0.2) is 24.4 Å². The molecule has 0 aliphatic rings. The summed E-state index contributed by atoms with van der Waals surface area (Å²) in [7, 11) is 0. The van der Waals surface area contributed by atoms with Crippen molar-refractivity contribution in [3.05, 3.63) is 30.1 Å². The van der Waals surface area contributed by atoms with Gasteiger partial charge in [-0.05, 0) is 32.0 Å². The molecular formula is C11H18N2O. The molecule has 1 unspecified atom stereocenters. The van der Waals surface area contributed by atoms with Crippen molar-refractivity contribution in [2.45, 2.75) is 25.8 Å². The lowest BCUT2D eigenvalue weighted by Crippen LogP contribution is -2.40. The highest BCUT2D eigenvalue weighted by Crippen LogP contribution is 2.21. The summed E-state index contributed by atoms with van der Waals surface area (Å²) in [6.45, 7) is 5.15. The van der Waals surface area contributed by atoms with Crippen molar-refractivity contribution in [2.24, 2.45) is 0 Å². The molecular weight excluding hydrogens is 176 g/mol. The molecule has 0 amide bonds. The second-order valence-electron chi connectivity index (χ2n) is 3.55. The van der Waals surface area contributed by atoms with E-state index in [2.05, 4.69) is 24.1 Å². The topological polar surface area (TPSA) is 45.1 Å². The van der Waals surface area contributed by atoms with Crippen LogP contribution in [0.2, 0.25) is 0 Å². The molecule has 1 aromatic heterocycles. The van der Waals surface area contributed by atoms with Crippen molar-refractivity contribution in [1.29, 1.82) is 0 Å². The van der Waals surface area contributed by atoms with E-state index in [1.54, 1.807) is 6.20 Å². The van der Waals surface area contributed by atoms with Gasteiger partial charge in [0, 0.05) is 12.8 Å². The third-order valence-electron chi connectivity index (χ3n) is 2.41. The first-order valence-electron chi connectivity index (χ1n) is 5.00. The molecule has 78 valence electrons. The lowest BCUT2D eigenvalue weighted by Gasteiger charge is -2.29. The van der Waals surface area contributed by atoms with Gasteiger partial charge in [-0.1, -0.05) is 13.0 Å². The van der Waals surface area contributed by atoms with Crippen LogP contribution < -0.4 is 5.32 Å². The Morgan fingerprint density at radius 1 is 1.50 bits per heavy atom. The molecule has 2 N–H and O–H groups in total. The van der Waals surface area contributed by atoms with E-state index >= 15 is 0 Å². The minimum absolute atomic E-state index is 0.167. The van der Waals surface area contributed by atoms with Crippen LogP contribution in [0.1, 0.15) is 26.0 Å². The zero-order valence-electron chi connectivity index (χ0n) is 8.83. The molecule has 0 saturated heterocycles. The SMILES string of the molecule is CCNC(C)(CCO)c1ccccn1. The van der Waals surface area contributed by atoms with Crippen LogP contribution in [0.3, 0.4) is 0 Å². The average Bonchev–Trinajstić information content (AvgIpc) is 2.20. The minimum Gasteiger partial charge on any atom is -0.396 e. The average molecular weight is 194 g/mol. The molecule has 3 heteroatoms. The number of aromatic nitrogens is 1. The number of nitrogens with one attached hydrogen (secondary N) is 1. The highest BCUT2D eigenvalue weighted by Gasteiger charge is 2.25. The van der Waals surface area contributed by atoms with E-state index in [0.29, 0.717) is 6.42 Å². The number of nitrogens with zero attached hydrogens (tertiary/aromatic N) is 1. The molecule has 14 heavy (non-hydrogen) atoms. The van der Waals surface area contributed by atoms with Crippen LogP contribution >= 0.6 is 0 Å². The molecule has 1 heterocycles. The van der Waals surface area contributed by atoms with E-state index in [-0.39, 0.29) is 12.1 Å². The number of rotatable bonds is 5.